The Labute approximate surface area is 97.8 Å². The largest absolute Gasteiger partial charge is 0.343 e. The number of nitrogens with zero attached hydrogens (tertiary/aromatic N) is 2. The van der Waals surface area contributed by atoms with E-state index in [2.05, 4.69) is 4.90 Å². The molecule has 2 rings (SSSR count). The summed E-state index contributed by atoms with van der Waals surface area (Å²) in [6.45, 7) is 6.46. The Bertz CT molecular complexity index is 253. The highest BCUT2D eigenvalue weighted by atomic mass is 16.2. The molecular formula is C12H23N3O. The molecule has 4 nitrogen and oxygen atoms in total. The molecule has 0 unspecified atom stereocenters. The van der Waals surface area contributed by atoms with E-state index in [1.165, 1.54) is 12.8 Å². The zero-order valence-electron chi connectivity index (χ0n) is 10.2. The molecule has 1 heterocycles. The summed E-state index contributed by atoms with van der Waals surface area (Å²) in [6.07, 6.45) is 3.83. The number of amides is 1. The predicted molar refractivity (Wildman–Crippen MR) is 64.0 cm³/mol. The molecule has 2 aliphatic rings. The predicted octanol–water partition coefficient (Wildman–Crippen LogP) is 0.278. The number of rotatable bonds is 5. The van der Waals surface area contributed by atoms with Gasteiger partial charge in [0, 0.05) is 45.7 Å². The van der Waals surface area contributed by atoms with Crippen molar-refractivity contribution >= 4 is 5.91 Å². The van der Waals surface area contributed by atoms with E-state index in [1.807, 2.05) is 4.90 Å². The van der Waals surface area contributed by atoms with Gasteiger partial charge in [0.1, 0.15) is 0 Å². The number of likely N-dealkylation sites (tertiary alicyclic amines) is 1. The molecule has 16 heavy (non-hydrogen) atoms. The van der Waals surface area contributed by atoms with Gasteiger partial charge in [0.2, 0.25) is 5.91 Å². The first-order valence-corrected chi connectivity index (χ1v) is 6.40. The lowest BCUT2D eigenvalue weighted by molar-refractivity contribution is -0.127. The van der Waals surface area contributed by atoms with E-state index in [1.54, 1.807) is 6.92 Å². The second-order valence-corrected chi connectivity index (χ2v) is 5.13. The van der Waals surface area contributed by atoms with Crippen molar-refractivity contribution in [2.75, 3.05) is 32.7 Å². The van der Waals surface area contributed by atoms with E-state index in [-0.39, 0.29) is 5.91 Å². The van der Waals surface area contributed by atoms with E-state index in [9.17, 15) is 4.79 Å². The van der Waals surface area contributed by atoms with Gasteiger partial charge in [-0.2, -0.15) is 0 Å². The number of hydrogen-bond donors (Lipinski definition) is 1. The minimum absolute atomic E-state index is 0.222. The third kappa shape index (κ3) is 2.95. The van der Waals surface area contributed by atoms with Crippen LogP contribution in [0, 0.1) is 5.92 Å². The minimum Gasteiger partial charge on any atom is -0.343 e. The minimum atomic E-state index is 0.222. The average Bonchev–Trinajstić information content (AvgIpc) is 2.98. The highest BCUT2D eigenvalue weighted by Crippen LogP contribution is 2.28. The van der Waals surface area contributed by atoms with Gasteiger partial charge in [-0.25, -0.2) is 0 Å². The molecule has 92 valence electrons. The molecule has 0 spiro atoms. The summed E-state index contributed by atoms with van der Waals surface area (Å²) in [4.78, 5) is 15.7. The first-order chi connectivity index (χ1) is 7.70. The van der Waals surface area contributed by atoms with Gasteiger partial charge in [-0.3, -0.25) is 9.69 Å². The van der Waals surface area contributed by atoms with Crippen LogP contribution in [0.3, 0.4) is 0 Å². The fourth-order valence-electron chi connectivity index (χ4n) is 2.63. The van der Waals surface area contributed by atoms with E-state index in [0.717, 1.165) is 45.2 Å². The van der Waals surface area contributed by atoms with Crippen molar-refractivity contribution in [1.82, 2.24) is 9.80 Å². The Morgan fingerprint density at radius 1 is 1.44 bits per heavy atom. The van der Waals surface area contributed by atoms with Gasteiger partial charge in [-0.15, -0.1) is 0 Å². The summed E-state index contributed by atoms with van der Waals surface area (Å²) in [6, 6.07) is 0.787. The Hall–Kier alpha value is -0.610. The van der Waals surface area contributed by atoms with Crippen molar-refractivity contribution in [3.05, 3.63) is 0 Å². The fraction of sp³-hybridized carbons (Fsp3) is 0.917. The molecule has 0 bridgehead atoms. The average molecular weight is 225 g/mol. The number of hydrogen-bond acceptors (Lipinski definition) is 3. The maximum atomic E-state index is 11.2. The molecule has 4 heteroatoms. The van der Waals surface area contributed by atoms with Gasteiger partial charge in [-0.05, 0) is 25.2 Å². The zero-order valence-corrected chi connectivity index (χ0v) is 10.2. The molecule has 0 aromatic heterocycles. The van der Waals surface area contributed by atoms with Gasteiger partial charge >= 0.3 is 0 Å². The molecule has 0 radical (unpaired) electrons. The summed E-state index contributed by atoms with van der Waals surface area (Å²) in [5, 5.41) is 0. The molecule has 1 saturated carbocycles. The van der Waals surface area contributed by atoms with Crippen LogP contribution in [0.4, 0.5) is 0 Å². The van der Waals surface area contributed by atoms with Gasteiger partial charge in [-0.1, -0.05) is 0 Å². The van der Waals surface area contributed by atoms with Crippen molar-refractivity contribution in [2.24, 2.45) is 11.7 Å². The van der Waals surface area contributed by atoms with E-state index < -0.39 is 0 Å². The molecule has 1 aliphatic heterocycles. The van der Waals surface area contributed by atoms with Crippen molar-refractivity contribution in [1.29, 1.82) is 0 Å². The maximum absolute atomic E-state index is 11.2. The van der Waals surface area contributed by atoms with Crippen LogP contribution < -0.4 is 5.73 Å². The van der Waals surface area contributed by atoms with Crippen molar-refractivity contribution < 1.29 is 4.79 Å². The molecule has 0 aromatic carbocycles. The van der Waals surface area contributed by atoms with Crippen LogP contribution >= 0.6 is 0 Å². The highest BCUT2D eigenvalue weighted by molar-refractivity contribution is 5.73. The summed E-state index contributed by atoms with van der Waals surface area (Å²) in [7, 11) is 0. The first kappa shape index (κ1) is 11.9. The van der Waals surface area contributed by atoms with Gasteiger partial charge in [0.25, 0.3) is 0 Å². The normalized spacial score (nSPS) is 25.4. The van der Waals surface area contributed by atoms with Crippen LogP contribution in [0.25, 0.3) is 0 Å². The second-order valence-electron chi connectivity index (χ2n) is 5.13. The standard InChI is InChI=1S/C12H23N3O/c1-10(16)14-6-4-11(8-14)9-15(7-5-13)12-2-3-12/h11-12H,2-9,13H2,1H3/t11-/m1/s1. The number of nitrogens with two attached hydrogens (primary N) is 1. The smallest absolute Gasteiger partial charge is 0.219 e. The van der Waals surface area contributed by atoms with Crippen LogP contribution in [0.1, 0.15) is 26.2 Å². The third-order valence-corrected chi connectivity index (χ3v) is 3.70. The van der Waals surface area contributed by atoms with Crippen molar-refractivity contribution in [2.45, 2.75) is 32.2 Å². The van der Waals surface area contributed by atoms with Crippen molar-refractivity contribution in [3.8, 4) is 0 Å². The SMILES string of the molecule is CC(=O)N1CC[C@@H](CN(CCN)C2CC2)C1. The lowest BCUT2D eigenvalue weighted by Gasteiger charge is -2.24. The first-order valence-electron chi connectivity index (χ1n) is 6.40. The quantitative estimate of drug-likeness (QED) is 0.731. The molecule has 2 N–H and O–H groups in total. The molecule has 1 atom stereocenters. The third-order valence-electron chi connectivity index (χ3n) is 3.70. The topological polar surface area (TPSA) is 49.6 Å². The van der Waals surface area contributed by atoms with Crippen molar-refractivity contribution in [3.63, 3.8) is 0 Å². The lowest BCUT2D eigenvalue weighted by atomic mass is 10.1. The van der Waals surface area contributed by atoms with Gasteiger partial charge in [0.15, 0.2) is 0 Å². The molecule has 1 aliphatic carbocycles. The zero-order chi connectivity index (χ0) is 11.5. The molecule has 0 aromatic rings. The molecule has 1 saturated heterocycles. The Morgan fingerprint density at radius 2 is 2.19 bits per heavy atom. The maximum Gasteiger partial charge on any atom is 0.219 e. The summed E-state index contributed by atoms with van der Waals surface area (Å²) in [5.74, 6) is 0.885. The van der Waals surface area contributed by atoms with Crippen LogP contribution in [0.5, 0.6) is 0 Å². The molecular weight excluding hydrogens is 202 g/mol. The van der Waals surface area contributed by atoms with Gasteiger partial charge < -0.3 is 10.6 Å². The number of carbonyl (C=O) groups is 1. The van der Waals surface area contributed by atoms with E-state index in [0.29, 0.717) is 5.92 Å². The Kier molecular flexibility index (Phi) is 3.82. The van der Waals surface area contributed by atoms with Crippen LogP contribution in [0.2, 0.25) is 0 Å². The second kappa shape index (κ2) is 5.15. The summed E-state index contributed by atoms with van der Waals surface area (Å²) < 4.78 is 0. The van der Waals surface area contributed by atoms with Crippen LogP contribution in [-0.2, 0) is 4.79 Å². The van der Waals surface area contributed by atoms with Gasteiger partial charge in [0.05, 0.1) is 0 Å². The fourth-order valence-corrected chi connectivity index (χ4v) is 2.63. The Morgan fingerprint density at radius 3 is 2.69 bits per heavy atom. The summed E-state index contributed by atoms with van der Waals surface area (Å²) >= 11 is 0. The molecule has 1 amide bonds. The molecule has 2 fully saturated rings. The van der Waals surface area contributed by atoms with Crippen LogP contribution in [-0.4, -0.2) is 54.5 Å². The number of carbonyl (C=O) groups excluding carboxylic acids is 1. The van der Waals surface area contributed by atoms with E-state index in [4.69, 9.17) is 5.73 Å². The Balaban J connectivity index is 1.78. The monoisotopic (exact) mass is 225 g/mol. The lowest BCUT2D eigenvalue weighted by Crippen LogP contribution is -2.37. The van der Waals surface area contributed by atoms with E-state index >= 15 is 0 Å². The summed E-state index contributed by atoms with van der Waals surface area (Å²) in [5.41, 5.74) is 5.64. The van der Waals surface area contributed by atoms with Crippen LogP contribution in [0.15, 0.2) is 0 Å². The highest BCUT2D eigenvalue weighted by Gasteiger charge is 2.32.